The van der Waals surface area contributed by atoms with Gasteiger partial charge in [-0.05, 0) is 55.8 Å². The van der Waals surface area contributed by atoms with Crippen LogP contribution in [-0.2, 0) is 16.1 Å². The predicted molar refractivity (Wildman–Crippen MR) is 94.2 cm³/mol. The summed E-state index contributed by atoms with van der Waals surface area (Å²) >= 11 is 0. The Labute approximate surface area is 147 Å². The fourth-order valence-electron chi connectivity index (χ4n) is 3.90. The standard InChI is InChI=1S/C19H25N3O3/c23-18(16-2-1-9-20-17(16)14-5-6-14)21-12-13-3-7-15(8-4-13)22-10-11-25-19(22)24/h3-4,7-8,14,16-17,20H,1-2,5-6,9-12H2,(H,21,23)/t16-,17-/m1/s1. The van der Waals surface area contributed by atoms with Gasteiger partial charge in [0.1, 0.15) is 6.61 Å². The molecule has 134 valence electrons. The topological polar surface area (TPSA) is 70.7 Å². The molecule has 2 N–H and O–H groups in total. The quantitative estimate of drug-likeness (QED) is 0.858. The molecule has 3 aliphatic rings. The Morgan fingerprint density at radius 3 is 2.72 bits per heavy atom. The summed E-state index contributed by atoms with van der Waals surface area (Å²) in [5, 5.41) is 6.64. The van der Waals surface area contributed by atoms with Crippen molar-refractivity contribution in [1.82, 2.24) is 10.6 Å². The van der Waals surface area contributed by atoms with Crippen LogP contribution in [0.15, 0.2) is 24.3 Å². The molecule has 0 spiro atoms. The van der Waals surface area contributed by atoms with Gasteiger partial charge < -0.3 is 15.4 Å². The summed E-state index contributed by atoms with van der Waals surface area (Å²) in [6, 6.07) is 8.08. The first-order valence-electron chi connectivity index (χ1n) is 9.27. The largest absolute Gasteiger partial charge is 0.447 e. The summed E-state index contributed by atoms with van der Waals surface area (Å²) < 4.78 is 4.95. The van der Waals surface area contributed by atoms with Gasteiger partial charge in [-0.3, -0.25) is 9.69 Å². The van der Waals surface area contributed by atoms with E-state index in [9.17, 15) is 9.59 Å². The van der Waals surface area contributed by atoms with E-state index in [0.29, 0.717) is 31.7 Å². The SMILES string of the molecule is O=C(NCc1ccc(N2CCOC2=O)cc1)[C@@H]1CCCN[C@@H]1C1CC1. The number of carbonyl (C=O) groups excluding carboxylic acids is 2. The molecule has 0 bridgehead atoms. The molecule has 2 amide bonds. The molecule has 2 saturated heterocycles. The van der Waals surface area contributed by atoms with Gasteiger partial charge in [0, 0.05) is 18.3 Å². The molecule has 1 aromatic carbocycles. The Balaban J connectivity index is 1.33. The number of piperidine rings is 1. The molecular weight excluding hydrogens is 318 g/mol. The average molecular weight is 343 g/mol. The first-order chi connectivity index (χ1) is 12.2. The molecule has 2 atom stereocenters. The van der Waals surface area contributed by atoms with Crippen molar-refractivity contribution >= 4 is 17.7 Å². The van der Waals surface area contributed by atoms with E-state index in [0.717, 1.165) is 30.6 Å². The first-order valence-corrected chi connectivity index (χ1v) is 9.27. The normalized spacial score (nSPS) is 26.4. The highest BCUT2D eigenvalue weighted by molar-refractivity contribution is 5.89. The average Bonchev–Trinajstić information content (AvgIpc) is 3.41. The van der Waals surface area contributed by atoms with Crippen LogP contribution in [0.2, 0.25) is 0 Å². The van der Waals surface area contributed by atoms with Crippen LogP contribution in [0.5, 0.6) is 0 Å². The van der Waals surface area contributed by atoms with E-state index in [-0.39, 0.29) is 17.9 Å². The maximum Gasteiger partial charge on any atom is 0.414 e. The van der Waals surface area contributed by atoms with E-state index in [1.165, 1.54) is 12.8 Å². The van der Waals surface area contributed by atoms with E-state index in [1.54, 1.807) is 4.90 Å². The van der Waals surface area contributed by atoms with Crippen LogP contribution in [0, 0.1) is 11.8 Å². The first kappa shape index (κ1) is 16.4. The highest BCUT2D eigenvalue weighted by Gasteiger charge is 2.40. The monoisotopic (exact) mass is 343 g/mol. The summed E-state index contributed by atoms with van der Waals surface area (Å²) in [6.07, 6.45) is 4.26. The third kappa shape index (κ3) is 3.63. The van der Waals surface area contributed by atoms with E-state index < -0.39 is 0 Å². The van der Waals surface area contributed by atoms with Crippen LogP contribution in [0.3, 0.4) is 0 Å². The molecule has 1 aromatic rings. The molecule has 0 aromatic heterocycles. The zero-order valence-electron chi connectivity index (χ0n) is 14.4. The zero-order valence-corrected chi connectivity index (χ0v) is 14.4. The number of nitrogens with zero attached hydrogens (tertiary/aromatic N) is 1. The predicted octanol–water partition coefficient (Wildman–Crippen LogP) is 2.04. The van der Waals surface area contributed by atoms with Gasteiger partial charge in [-0.15, -0.1) is 0 Å². The number of carbonyl (C=O) groups is 2. The molecule has 1 aliphatic carbocycles. The number of nitrogens with one attached hydrogen (secondary N) is 2. The van der Waals surface area contributed by atoms with Crippen LogP contribution < -0.4 is 15.5 Å². The Bertz CT molecular complexity index is 642. The number of cyclic esters (lactones) is 1. The molecule has 2 heterocycles. The Hall–Kier alpha value is -2.08. The summed E-state index contributed by atoms with van der Waals surface area (Å²) in [7, 11) is 0. The number of ether oxygens (including phenoxy) is 1. The van der Waals surface area contributed by atoms with Crippen molar-refractivity contribution in [2.75, 3.05) is 24.6 Å². The van der Waals surface area contributed by atoms with Gasteiger partial charge in [-0.1, -0.05) is 12.1 Å². The Morgan fingerprint density at radius 1 is 1.24 bits per heavy atom. The molecule has 25 heavy (non-hydrogen) atoms. The smallest absolute Gasteiger partial charge is 0.414 e. The minimum Gasteiger partial charge on any atom is -0.447 e. The summed E-state index contributed by atoms with van der Waals surface area (Å²) in [4.78, 5) is 25.8. The van der Waals surface area contributed by atoms with Crippen LogP contribution >= 0.6 is 0 Å². The minimum absolute atomic E-state index is 0.0971. The van der Waals surface area contributed by atoms with Crippen molar-refractivity contribution in [3.63, 3.8) is 0 Å². The molecule has 0 unspecified atom stereocenters. The molecule has 0 radical (unpaired) electrons. The van der Waals surface area contributed by atoms with Crippen molar-refractivity contribution < 1.29 is 14.3 Å². The lowest BCUT2D eigenvalue weighted by atomic mass is 9.87. The molecule has 1 saturated carbocycles. The number of hydrogen-bond donors (Lipinski definition) is 2. The van der Waals surface area contributed by atoms with Crippen LogP contribution in [0.4, 0.5) is 10.5 Å². The second-order valence-corrected chi connectivity index (χ2v) is 7.22. The second kappa shape index (κ2) is 7.04. The number of benzene rings is 1. The van der Waals surface area contributed by atoms with Crippen LogP contribution in [0.25, 0.3) is 0 Å². The maximum atomic E-state index is 12.6. The lowest BCUT2D eigenvalue weighted by molar-refractivity contribution is -0.127. The third-order valence-corrected chi connectivity index (χ3v) is 5.45. The Kier molecular flexibility index (Phi) is 4.61. The van der Waals surface area contributed by atoms with Crippen molar-refractivity contribution in [2.45, 2.75) is 38.3 Å². The fourth-order valence-corrected chi connectivity index (χ4v) is 3.90. The van der Waals surface area contributed by atoms with Gasteiger partial charge >= 0.3 is 6.09 Å². The lowest BCUT2D eigenvalue weighted by Gasteiger charge is -2.31. The highest BCUT2D eigenvalue weighted by atomic mass is 16.6. The fraction of sp³-hybridized carbons (Fsp3) is 0.579. The van der Waals surface area contributed by atoms with Gasteiger partial charge in [0.2, 0.25) is 5.91 Å². The third-order valence-electron chi connectivity index (χ3n) is 5.45. The summed E-state index contributed by atoms with van der Waals surface area (Å²) in [5.41, 5.74) is 1.87. The van der Waals surface area contributed by atoms with Gasteiger partial charge in [0.25, 0.3) is 0 Å². The molecular formula is C19H25N3O3. The number of anilines is 1. The maximum absolute atomic E-state index is 12.6. The zero-order chi connectivity index (χ0) is 17.2. The lowest BCUT2D eigenvalue weighted by Crippen LogP contribution is -2.49. The molecule has 6 heteroatoms. The van der Waals surface area contributed by atoms with E-state index in [1.807, 2.05) is 24.3 Å². The molecule has 3 fully saturated rings. The van der Waals surface area contributed by atoms with Crippen molar-refractivity contribution in [3.8, 4) is 0 Å². The number of hydrogen-bond acceptors (Lipinski definition) is 4. The minimum atomic E-state index is -0.294. The van der Waals surface area contributed by atoms with Crippen molar-refractivity contribution in [1.29, 1.82) is 0 Å². The van der Waals surface area contributed by atoms with Crippen molar-refractivity contribution in [3.05, 3.63) is 29.8 Å². The van der Waals surface area contributed by atoms with Gasteiger partial charge in [-0.2, -0.15) is 0 Å². The molecule has 2 aliphatic heterocycles. The van der Waals surface area contributed by atoms with E-state index in [4.69, 9.17) is 4.74 Å². The summed E-state index contributed by atoms with van der Waals surface area (Å²) in [6.45, 7) is 2.59. The van der Waals surface area contributed by atoms with E-state index in [2.05, 4.69) is 10.6 Å². The van der Waals surface area contributed by atoms with Crippen LogP contribution in [-0.4, -0.2) is 37.7 Å². The second-order valence-electron chi connectivity index (χ2n) is 7.22. The van der Waals surface area contributed by atoms with Gasteiger partial charge in [-0.25, -0.2) is 4.79 Å². The van der Waals surface area contributed by atoms with E-state index >= 15 is 0 Å². The molecule has 4 rings (SSSR count). The molecule has 6 nitrogen and oxygen atoms in total. The summed E-state index contributed by atoms with van der Waals surface area (Å²) in [5.74, 6) is 0.951. The van der Waals surface area contributed by atoms with Gasteiger partial charge in [0.05, 0.1) is 12.5 Å². The van der Waals surface area contributed by atoms with Crippen molar-refractivity contribution in [2.24, 2.45) is 11.8 Å². The Morgan fingerprint density at radius 2 is 2.04 bits per heavy atom. The number of amides is 2. The highest BCUT2D eigenvalue weighted by Crippen LogP contribution is 2.38. The van der Waals surface area contributed by atoms with Gasteiger partial charge in [0.15, 0.2) is 0 Å². The number of rotatable bonds is 5. The van der Waals surface area contributed by atoms with Crippen LogP contribution in [0.1, 0.15) is 31.2 Å².